The molecule has 2 heteroatoms. The molecule has 2 atom stereocenters. The van der Waals surface area contributed by atoms with Gasteiger partial charge in [0, 0.05) is 0 Å². The van der Waals surface area contributed by atoms with E-state index in [0.29, 0.717) is 24.5 Å². The van der Waals surface area contributed by atoms with Crippen LogP contribution < -0.4 is 0 Å². The second-order valence-corrected chi connectivity index (χ2v) is 4.15. The number of rotatable bonds is 7. The molecule has 2 unspecified atom stereocenters. The summed E-state index contributed by atoms with van der Waals surface area (Å²) < 4.78 is 5.60. The number of hydrogen-bond donors (Lipinski definition) is 1. The lowest BCUT2D eigenvalue weighted by molar-refractivity contribution is -0.0130. The maximum absolute atomic E-state index is 8.68. The number of hydrogen-bond acceptors (Lipinski definition) is 2. The highest BCUT2D eigenvalue weighted by Gasteiger charge is 2.17. The topological polar surface area (TPSA) is 29.5 Å². The predicted molar refractivity (Wildman–Crippen MR) is 55.7 cm³/mol. The van der Waals surface area contributed by atoms with Gasteiger partial charge in [-0.3, -0.25) is 0 Å². The van der Waals surface area contributed by atoms with Crippen molar-refractivity contribution in [2.45, 2.75) is 46.6 Å². The third-order valence-corrected chi connectivity index (χ3v) is 2.41. The molecule has 0 spiro atoms. The van der Waals surface area contributed by atoms with Crippen LogP contribution in [0.2, 0.25) is 0 Å². The lowest BCUT2D eigenvalue weighted by atomic mass is 9.94. The van der Waals surface area contributed by atoms with Gasteiger partial charge < -0.3 is 9.84 Å². The van der Waals surface area contributed by atoms with Crippen LogP contribution in [0.5, 0.6) is 0 Å². The van der Waals surface area contributed by atoms with Gasteiger partial charge >= 0.3 is 0 Å². The van der Waals surface area contributed by atoms with Crippen LogP contribution in [0.25, 0.3) is 0 Å². The van der Waals surface area contributed by atoms with Gasteiger partial charge in [0.1, 0.15) is 0 Å². The Kier molecular flexibility index (Phi) is 7.29. The Morgan fingerprint density at radius 2 is 1.85 bits per heavy atom. The van der Waals surface area contributed by atoms with Gasteiger partial charge in [-0.25, -0.2) is 0 Å². The average Bonchev–Trinajstić information content (AvgIpc) is 2.10. The van der Waals surface area contributed by atoms with Crippen LogP contribution >= 0.6 is 0 Å². The maximum atomic E-state index is 8.68. The molecule has 0 aliphatic heterocycles. The van der Waals surface area contributed by atoms with E-state index >= 15 is 0 Å². The summed E-state index contributed by atoms with van der Waals surface area (Å²) in [6, 6.07) is 0. The van der Waals surface area contributed by atoms with Gasteiger partial charge in [-0.1, -0.05) is 34.1 Å². The van der Waals surface area contributed by atoms with Crippen molar-refractivity contribution in [2.75, 3.05) is 13.2 Å². The van der Waals surface area contributed by atoms with E-state index in [-0.39, 0.29) is 6.61 Å². The van der Waals surface area contributed by atoms with Crippen molar-refractivity contribution >= 4 is 0 Å². The molecular weight excluding hydrogens is 164 g/mol. The van der Waals surface area contributed by atoms with E-state index in [4.69, 9.17) is 9.84 Å². The van der Waals surface area contributed by atoms with E-state index in [2.05, 4.69) is 27.7 Å². The Bertz CT molecular complexity index is 113. The van der Waals surface area contributed by atoms with Crippen LogP contribution in [0.1, 0.15) is 40.5 Å². The Hall–Kier alpha value is -0.0800. The summed E-state index contributed by atoms with van der Waals surface area (Å²) in [4.78, 5) is 0. The molecule has 0 saturated carbocycles. The van der Waals surface area contributed by atoms with Crippen LogP contribution in [0.4, 0.5) is 0 Å². The average molecular weight is 188 g/mol. The Balaban J connectivity index is 3.87. The quantitative estimate of drug-likeness (QED) is 0.665. The van der Waals surface area contributed by atoms with Crippen molar-refractivity contribution in [3.63, 3.8) is 0 Å². The second kappa shape index (κ2) is 7.34. The summed E-state index contributed by atoms with van der Waals surface area (Å²) in [6.07, 6.45) is 2.55. The highest BCUT2D eigenvalue weighted by atomic mass is 16.5. The van der Waals surface area contributed by atoms with Crippen molar-refractivity contribution in [1.29, 1.82) is 0 Å². The van der Waals surface area contributed by atoms with Gasteiger partial charge in [0.2, 0.25) is 0 Å². The minimum Gasteiger partial charge on any atom is -0.394 e. The Morgan fingerprint density at radius 3 is 2.23 bits per heavy atom. The molecule has 0 aromatic rings. The van der Waals surface area contributed by atoms with E-state index < -0.39 is 0 Å². The fourth-order valence-electron chi connectivity index (χ4n) is 1.40. The normalized spacial score (nSPS) is 16.2. The smallest absolute Gasteiger partial charge is 0.0701 e. The summed E-state index contributed by atoms with van der Waals surface area (Å²) in [5.74, 6) is 1.26. The molecule has 0 aromatic heterocycles. The minimum atomic E-state index is 0.130. The highest BCUT2D eigenvalue weighted by Crippen LogP contribution is 2.18. The van der Waals surface area contributed by atoms with Crippen LogP contribution in [-0.2, 0) is 4.74 Å². The first-order valence-corrected chi connectivity index (χ1v) is 5.34. The molecule has 0 rings (SSSR count). The van der Waals surface area contributed by atoms with Crippen LogP contribution in [0.3, 0.4) is 0 Å². The zero-order valence-corrected chi connectivity index (χ0v) is 9.42. The molecule has 13 heavy (non-hydrogen) atoms. The minimum absolute atomic E-state index is 0.130. The van der Waals surface area contributed by atoms with Gasteiger partial charge in [0.15, 0.2) is 0 Å². The molecule has 0 aromatic carbocycles. The van der Waals surface area contributed by atoms with Gasteiger partial charge in [0.25, 0.3) is 0 Å². The number of ether oxygens (including phenoxy) is 1. The summed E-state index contributed by atoms with van der Waals surface area (Å²) in [5.41, 5.74) is 0. The summed E-state index contributed by atoms with van der Waals surface area (Å²) in [7, 11) is 0. The predicted octanol–water partition coefficient (Wildman–Crippen LogP) is 2.46. The number of aliphatic hydroxyl groups excluding tert-OH is 1. The van der Waals surface area contributed by atoms with Gasteiger partial charge in [-0.2, -0.15) is 0 Å². The third-order valence-electron chi connectivity index (χ3n) is 2.41. The molecular formula is C11H24O2. The SMILES string of the molecule is CCC(C)C(CC(C)C)OCCO. The van der Waals surface area contributed by atoms with Crippen LogP contribution in [0.15, 0.2) is 0 Å². The van der Waals surface area contributed by atoms with Crippen LogP contribution in [0, 0.1) is 11.8 Å². The second-order valence-electron chi connectivity index (χ2n) is 4.15. The van der Waals surface area contributed by atoms with E-state index in [0.717, 1.165) is 12.8 Å². The Morgan fingerprint density at radius 1 is 1.23 bits per heavy atom. The van der Waals surface area contributed by atoms with Crippen molar-refractivity contribution in [1.82, 2.24) is 0 Å². The Labute approximate surface area is 82.3 Å². The van der Waals surface area contributed by atoms with Crippen molar-refractivity contribution in [3.05, 3.63) is 0 Å². The number of aliphatic hydroxyl groups is 1. The van der Waals surface area contributed by atoms with Crippen LogP contribution in [-0.4, -0.2) is 24.4 Å². The van der Waals surface area contributed by atoms with Gasteiger partial charge in [0.05, 0.1) is 19.3 Å². The standard InChI is InChI=1S/C11H24O2/c1-5-10(4)11(8-9(2)3)13-7-6-12/h9-12H,5-8H2,1-4H3. The molecule has 0 amide bonds. The molecule has 0 radical (unpaired) electrons. The molecule has 0 fully saturated rings. The van der Waals surface area contributed by atoms with E-state index in [1.807, 2.05) is 0 Å². The first kappa shape index (κ1) is 12.9. The van der Waals surface area contributed by atoms with Gasteiger partial charge in [-0.05, 0) is 18.3 Å². The lowest BCUT2D eigenvalue weighted by Crippen LogP contribution is -2.24. The van der Waals surface area contributed by atoms with Crippen molar-refractivity contribution < 1.29 is 9.84 Å². The highest BCUT2D eigenvalue weighted by molar-refractivity contribution is 4.67. The molecule has 2 nitrogen and oxygen atoms in total. The van der Waals surface area contributed by atoms with E-state index in [1.54, 1.807) is 0 Å². The molecule has 0 aliphatic carbocycles. The zero-order chi connectivity index (χ0) is 10.3. The van der Waals surface area contributed by atoms with Crippen molar-refractivity contribution in [3.8, 4) is 0 Å². The summed E-state index contributed by atoms with van der Waals surface area (Å²) in [6.45, 7) is 9.41. The molecule has 0 aliphatic rings. The summed E-state index contributed by atoms with van der Waals surface area (Å²) >= 11 is 0. The van der Waals surface area contributed by atoms with E-state index in [1.165, 1.54) is 0 Å². The third kappa shape index (κ3) is 6.05. The van der Waals surface area contributed by atoms with E-state index in [9.17, 15) is 0 Å². The largest absolute Gasteiger partial charge is 0.394 e. The monoisotopic (exact) mass is 188 g/mol. The zero-order valence-electron chi connectivity index (χ0n) is 9.42. The summed E-state index contributed by atoms with van der Waals surface area (Å²) in [5, 5.41) is 8.68. The van der Waals surface area contributed by atoms with Crippen molar-refractivity contribution in [2.24, 2.45) is 11.8 Å². The molecule has 0 heterocycles. The molecule has 0 saturated heterocycles. The maximum Gasteiger partial charge on any atom is 0.0701 e. The molecule has 80 valence electrons. The first-order valence-electron chi connectivity index (χ1n) is 5.34. The van der Waals surface area contributed by atoms with Gasteiger partial charge in [-0.15, -0.1) is 0 Å². The first-order chi connectivity index (χ1) is 6.11. The molecule has 0 bridgehead atoms. The fraction of sp³-hybridized carbons (Fsp3) is 1.00. The lowest BCUT2D eigenvalue weighted by Gasteiger charge is -2.24. The molecule has 1 N–H and O–H groups in total. The fourth-order valence-corrected chi connectivity index (χ4v) is 1.40.